The van der Waals surface area contributed by atoms with E-state index in [4.69, 9.17) is 15.3 Å². The predicted molar refractivity (Wildman–Crippen MR) is 133 cm³/mol. The van der Waals surface area contributed by atoms with E-state index in [2.05, 4.69) is 15.3 Å². The summed E-state index contributed by atoms with van der Waals surface area (Å²) in [5, 5.41) is 12.6. The molecular weight excluding hydrogens is 420 g/mol. The lowest BCUT2D eigenvalue weighted by molar-refractivity contribution is -0.138. The fraction of sp³-hybridized carbons (Fsp3) is 0.320. The molecule has 0 aliphatic carbocycles. The number of aromatic amines is 1. The van der Waals surface area contributed by atoms with Gasteiger partial charge in [0, 0.05) is 19.0 Å². The first kappa shape index (κ1) is 25.6. The summed E-state index contributed by atoms with van der Waals surface area (Å²) in [6.45, 7) is 4.67. The zero-order chi connectivity index (χ0) is 23.1. The largest absolute Gasteiger partial charge is 0.480 e. The van der Waals surface area contributed by atoms with Gasteiger partial charge < -0.3 is 25.6 Å². The molecule has 5 N–H and O–H groups in total. The molecule has 0 radical (unpaired) electrons. The number of carboxylic acids is 1. The van der Waals surface area contributed by atoms with Crippen LogP contribution in [0.2, 0.25) is 0 Å². The van der Waals surface area contributed by atoms with Crippen molar-refractivity contribution in [2.24, 2.45) is 5.73 Å². The SMILES string of the molecule is C.CC.NC(Cc1ccc2oc(CCCNc3nc4ccccc4[nH]3)cc(=O)c2c1)C(=O)O. The van der Waals surface area contributed by atoms with E-state index in [1.165, 1.54) is 6.07 Å². The van der Waals surface area contributed by atoms with Gasteiger partial charge in [0.25, 0.3) is 0 Å². The van der Waals surface area contributed by atoms with E-state index in [1.807, 2.05) is 38.1 Å². The van der Waals surface area contributed by atoms with Crippen LogP contribution in [0.3, 0.4) is 0 Å². The van der Waals surface area contributed by atoms with Crippen molar-refractivity contribution < 1.29 is 14.3 Å². The lowest BCUT2D eigenvalue weighted by Crippen LogP contribution is -2.32. The fourth-order valence-electron chi connectivity index (χ4n) is 3.35. The van der Waals surface area contributed by atoms with Crippen LogP contribution in [-0.4, -0.2) is 33.6 Å². The van der Waals surface area contributed by atoms with Crippen LogP contribution in [-0.2, 0) is 17.6 Å². The topological polar surface area (TPSA) is 134 Å². The highest BCUT2D eigenvalue weighted by atomic mass is 16.4. The van der Waals surface area contributed by atoms with E-state index in [-0.39, 0.29) is 19.3 Å². The number of aliphatic carboxylic acids is 1. The van der Waals surface area contributed by atoms with Gasteiger partial charge in [0.1, 0.15) is 17.4 Å². The number of aromatic nitrogens is 2. The highest BCUT2D eigenvalue weighted by molar-refractivity contribution is 5.78. The second-order valence-electron chi connectivity index (χ2n) is 7.19. The quantitative estimate of drug-likeness (QED) is 0.292. The van der Waals surface area contributed by atoms with Crippen molar-refractivity contribution in [2.45, 2.75) is 46.6 Å². The highest BCUT2D eigenvalue weighted by Crippen LogP contribution is 2.17. The summed E-state index contributed by atoms with van der Waals surface area (Å²) in [6, 6.07) is 13.4. The number of fused-ring (bicyclic) bond motifs is 2. The molecule has 2 aromatic carbocycles. The number of anilines is 1. The summed E-state index contributed by atoms with van der Waals surface area (Å²) >= 11 is 0. The van der Waals surface area contributed by atoms with Gasteiger partial charge >= 0.3 is 5.97 Å². The standard InChI is InChI=1S/C22H22N4O4.C2H6.CH4/c23-16(21(28)29)11-13-7-8-20-15(10-13)19(27)12-14(30-20)4-3-9-24-22-25-17-5-1-2-6-18(17)26-22;1-2;/h1-2,5-8,10,12,16H,3-4,9,11,23H2,(H,28,29)(H2,24,25,26);1-2H3;1H4. The van der Waals surface area contributed by atoms with Crippen LogP contribution in [0.1, 0.15) is 39.0 Å². The molecule has 1 atom stereocenters. The maximum absolute atomic E-state index is 12.5. The third kappa shape index (κ3) is 6.43. The number of benzene rings is 2. The lowest BCUT2D eigenvalue weighted by Gasteiger charge is -2.08. The van der Waals surface area contributed by atoms with Crippen molar-refractivity contribution in [1.82, 2.24) is 9.97 Å². The summed E-state index contributed by atoms with van der Waals surface area (Å²) in [7, 11) is 0. The number of aryl methyl sites for hydroxylation is 1. The Kier molecular flexibility index (Phi) is 9.18. The first-order valence-corrected chi connectivity index (χ1v) is 10.7. The number of hydrogen-bond acceptors (Lipinski definition) is 6. The second kappa shape index (κ2) is 11.8. The Morgan fingerprint density at radius 2 is 1.97 bits per heavy atom. The Labute approximate surface area is 192 Å². The van der Waals surface area contributed by atoms with Gasteiger partial charge in [0.15, 0.2) is 5.43 Å². The van der Waals surface area contributed by atoms with Crippen LogP contribution in [0.25, 0.3) is 22.0 Å². The Morgan fingerprint density at radius 3 is 2.70 bits per heavy atom. The van der Waals surface area contributed by atoms with Crippen LogP contribution >= 0.6 is 0 Å². The molecule has 8 nitrogen and oxygen atoms in total. The van der Waals surface area contributed by atoms with Gasteiger partial charge in [0.05, 0.1) is 16.4 Å². The molecule has 0 spiro atoms. The molecule has 2 aromatic heterocycles. The van der Waals surface area contributed by atoms with Crippen LogP contribution < -0.4 is 16.5 Å². The minimum absolute atomic E-state index is 0. The molecule has 8 heteroatoms. The van der Waals surface area contributed by atoms with Crippen molar-refractivity contribution in [1.29, 1.82) is 0 Å². The van der Waals surface area contributed by atoms with Gasteiger partial charge in [-0.25, -0.2) is 4.98 Å². The highest BCUT2D eigenvalue weighted by Gasteiger charge is 2.13. The molecule has 2 heterocycles. The van der Waals surface area contributed by atoms with Gasteiger partial charge in [-0.05, 0) is 42.7 Å². The summed E-state index contributed by atoms with van der Waals surface area (Å²) in [5.41, 5.74) is 8.47. The van der Waals surface area contributed by atoms with Crippen molar-refractivity contribution in [3.63, 3.8) is 0 Å². The molecule has 176 valence electrons. The molecule has 0 bridgehead atoms. The number of nitrogens with two attached hydrogens (primary N) is 1. The van der Waals surface area contributed by atoms with E-state index in [0.717, 1.165) is 17.5 Å². The van der Waals surface area contributed by atoms with Crippen LogP contribution in [0.4, 0.5) is 5.95 Å². The van der Waals surface area contributed by atoms with Crippen molar-refractivity contribution in [2.75, 3.05) is 11.9 Å². The first-order valence-electron chi connectivity index (χ1n) is 10.7. The predicted octanol–water partition coefficient (Wildman–Crippen LogP) is 4.33. The van der Waals surface area contributed by atoms with Crippen molar-refractivity contribution >= 4 is 33.9 Å². The van der Waals surface area contributed by atoms with E-state index in [9.17, 15) is 9.59 Å². The molecule has 0 fully saturated rings. The van der Waals surface area contributed by atoms with E-state index in [0.29, 0.717) is 41.2 Å². The third-order valence-corrected chi connectivity index (χ3v) is 4.90. The van der Waals surface area contributed by atoms with Gasteiger partial charge in [-0.2, -0.15) is 0 Å². The number of carbonyl (C=O) groups is 1. The number of nitrogens with zero attached hydrogens (tertiary/aromatic N) is 1. The third-order valence-electron chi connectivity index (χ3n) is 4.90. The Bertz CT molecular complexity index is 1230. The molecule has 0 amide bonds. The number of carboxylic acid groups (broad SMARTS) is 1. The average molecular weight is 453 g/mol. The smallest absolute Gasteiger partial charge is 0.320 e. The number of para-hydroxylation sites is 2. The molecule has 0 aliphatic heterocycles. The van der Waals surface area contributed by atoms with Gasteiger partial charge in [-0.15, -0.1) is 0 Å². The fourth-order valence-corrected chi connectivity index (χ4v) is 3.35. The van der Waals surface area contributed by atoms with Gasteiger partial charge in [-0.3, -0.25) is 9.59 Å². The van der Waals surface area contributed by atoms with Crippen molar-refractivity contribution in [3.8, 4) is 0 Å². The lowest BCUT2D eigenvalue weighted by atomic mass is 10.0. The number of nitrogens with one attached hydrogen (secondary N) is 2. The number of H-pyrrole nitrogens is 1. The van der Waals surface area contributed by atoms with Gasteiger partial charge in [-0.1, -0.05) is 39.5 Å². The number of hydrogen-bond donors (Lipinski definition) is 4. The minimum Gasteiger partial charge on any atom is -0.480 e. The molecule has 4 aromatic rings. The van der Waals surface area contributed by atoms with Crippen molar-refractivity contribution in [3.05, 3.63) is 70.1 Å². The number of rotatable bonds is 8. The molecular formula is C25H32N4O4. The van der Waals surface area contributed by atoms with Crippen LogP contribution in [0.15, 0.2) is 57.7 Å². The Hall–Kier alpha value is -3.65. The maximum Gasteiger partial charge on any atom is 0.320 e. The van der Waals surface area contributed by atoms with E-state index < -0.39 is 12.0 Å². The Morgan fingerprint density at radius 1 is 1.21 bits per heavy atom. The summed E-state index contributed by atoms with van der Waals surface area (Å²) in [6.07, 6.45) is 1.51. The van der Waals surface area contributed by atoms with Gasteiger partial charge in [0.2, 0.25) is 5.95 Å². The zero-order valence-corrected chi connectivity index (χ0v) is 18.2. The molecule has 1 unspecified atom stereocenters. The van der Waals surface area contributed by atoms with Crippen LogP contribution in [0.5, 0.6) is 0 Å². The van der Waals surface area contributed by atoms with E-state index in [1.54, 1.807) is 18.2 Å². The summed E-state index contributed by atoms with van der Waals surface area (Å²) in [5.74, 6) is 0.242. The van der Waals surface area contributed by atoms with Crippen LogP contribution in [0, 0.1) is 0 Å². The summed E-state index contributed by atoms with van der Waals surface area (Å²) < 4.78 is 5.85. The zero-order valence-electron chi connectivity index (χ0n) is 18.2. The first-order chi connectivity index (χ1) is 15.5. The number of imidazole rings is 1. The normalized spacial score (nSPS) is 11.4. The molecule has 33 heavy (non-hydrogen) atoms. The second-order valence-corrected chi connectivity index (χ2v) is 7.19. The summed E-state index contributed by atoms with van der Waals surface area (Å²) in [4.78, 5) is 31.1. The Balaban J connectivity index is 0.00000125. The molecule has 0 saturated heterocycles. The minimum atomic E-state index is -1.08. The van der Waals surface area contributed by atoms with E-state index >= 15 is 0 Å². The monoisotopic (exact) mass is 452 g/mol. The average Bonchev–Trinajstić information content (AvgIpc) is 3.21. The maximum atomic E-state index is 12.5. The molecule has 0 aliphatic rings. The molecule has 4 rings (SSSR count). The molecule has 0 saturated carbocycles.